The van der Waals surface area contributed by atoms with Gasteiger partial charge in [-0.2, -0.15) is 13.2 Å². The van der Waals surface area contributed by atoms with Gasteiger partial charge in [-0.3, -0.25) is 9.59 Å². The first-order valence-corrected chi connectivity index (χ1v) is 7.93. The van der Waals surface area contributed by atoms with E-state index in [4.69, 9.17) is 0 Å². The third kappa shape index (κ3) is 5.61. The van der Waals surface area contributed by atoms with Crippen molar-refractivity contribution >= 4 is 11.9 Å². The number of hydrogen-bond acceptors (Lipinski definition) is 3. The van der Waals surface area contributed by atoms with E-state index in [1.54, 1.807) is 37.3 Å². The third-order valence-electron chi connectivity index (χ3n) is 3.58. The Morgan fingerprint density at radius 1 is 1.04 bits per heavy atom. The number of hydrogen-bond donors (Lipinski definition) is 1. The summed E-state index contributed by atoms with van der Waals surface area (Å²) in [5.74, 6) is -1.45. The van der Waals surface area contributed by atoms with Gasteiger partial charge in [-0.05, 0) is 19.1 Å². The van der Waals surface area contributed by atoms with Crippen LogP contribution in [-0.4, -0.2) is 24.6 Å². The van der Waals surface area contributed by atoms with E-state index < -0.39 is 24.2 Å². The standard InChI is InChI=1S/C19H18F3NO3/c1-13-7-9-14(10-8-13)17(19(20,21)22)26-16(24)11-12-23-18(25)15-5-3-2-4-6-15/h2-10,17H,11-12H2,1H3,(H,23,25)/t17-/m1/s1. The Kier molecular flexibility index (Phi) is 6.38. The minimum atomic E-state index is -4.72. The maximum absolute atomic E-state index is 13.2. The fraction of sp³-hybridized carbons (Fsp3) is 0.263. The van der Waals surface area contributed by atoms with Crippen molar-refractivity contribution in [2.45, 2.75) is 25.6 Å². The maximum Gasteiger partial charge on any atom is 0.429 e. The van der Waals surface area contributed by atoms with E-state index in [9.17, 15) is 22.8 Å². The summed E-state index contributed by atoms with van der Waals surface area (Å²) in [6.45, 7) is 1.62. The summed E-state index contributed by atoms with van der Waals surface area (Å²) in [5.41, 5.74) is 1.04. The second-order valence-corrected chi connectivity index (χ2v) is 5.69. The van der Waals surface area contributed by atoms with Gasteiger partial charge in [0.15, 0.2) is 0 Å². The average Bonchev–Trinajstić information content (AvgIpc) is 2.60. The molecule has 0 aliphatic carbocycles. The molecule has 1 N–H and O–H groups in total. The minimum Gasteiger partial charge on any atom is -0.448 e. The zero-order valence-electron chi connectivity index (χ0n) is 14.0. The Hall–Kier alpha value is -2.83. The molecule has 2 rings (SSSR count). The van der Waals surface area contributed by atoms with E-state index in [0.29, 0.717) is 5.56 Å². The predicted molar refractivity (Wildman–Crippen MR) is 89.5 cm³/mol. The quantitative estimate of drug-likeness (QED) is 0.789. The lowest BCUT2D eigenvalue weighted by Crippen LogP contribution is -2.29. The van der Waals surface area contributed by atoms with Gasteiger partial charge in [-0.15, -0.1) is 0 Å². The Morgan fingerprint density at radius 2 is 1.65 bits per heavy atom. The molecule has 0 unspecified atom stereocenters. The van der Waals surface area contributed by atoms with Crippen molar-refractivity contribution in [3.8, 4) is 0 Å². The Balaban J connectivity index is 1.91. The van der Waals surface area contributed by atoms with Crippen molar-refractivity contribution in [3.63, 3.8) is 0 Å². The summed E-state index contributed by atoms with van der Waals surface area (Å²) in [6.07, 6.45) is -7.42. The van der Waals surface area contributed by atoms with Crippen LogP contribution in [0.25, 0.3) is 0 Å². The van der Waals surface area contributed by atoms with E-state index in [-0.39, 0.29) is 18.5 Å². The molecule has 7 heteroatoms. The van der Waals surface area contributed by atoms with Gasteiger partial charge in [0, 0.05) is 17.7 Å². The molecule has 0 aromatic heterocycles. The Morgan fingerprint density at radius 3 is 2.23 bits per heavy atom. The monoisotopic (exact) mass is 365 g/mol. The first kappa shape index (κ1) is 19.5. The van der Waals surface area contributed by atoms with Crippen LogP contribution in [0.4, 0.5) is 13.2 Å². The largest absolute Gasteiger partial charge is 0.448 e. The molecule has 0 heterocycles. The molecule has 0 aliphatic rings. The van der Waals surface area contributed by atoms with Crippen LogP contribution in [0.1, 0.15) is 34.0 Å². The van der Waals surface area contributed by atoms with Crippen molar-refractivity contribution in [2.75, 3.05) is 6.54 Å². The molecule has 0 fully saturated rings. The highest BCUT2D eigenvalue weighted by molar-refractivity contribution is 5.94. The van der Waals surface area contributed by atoms with Crippen LogP contribution in [0, 0.1) is 6.92 Å². The molecule has 26 heavy (non-hydrogen) atoms. The van der Waals surface area contributed by atoms with Crippen molar-refractivity contribution in [1.29, 1.82) is 0 Å². The fourth-order valence-corrected chi connectivity index (χ4v) is 2.23. The first-order valence-electron chi connectivity index (χ1n) is 7.93. The highest BCUT2D eigenvalue weighted by Crippen LogP contribution is 2.36. The Labute approximate surface area is 149 Å². The zero-order chi connectivity index (χ0) is 19.2. The van der Waals surface area contributed by atoms with Crippen LogP contribution in [-0.2, 0) is 9.53 Å². The summed E-state index contributed by atoms with van der Waals surface area (Å²) >= 11 is 0. The lowest BCUT2D eigenvalue weighted by molar-refractivity contribution is -0.224. The van der Waals surface area contributed by atoms with E-state index in [1.807, 2.05) is 0 Å². The zero-order valence-corrected chi connectivity index (χ0v) is 14.0. The summed E-state index contributed by atoms with van der Waals surface area (Å²) in [7, 11) is 0. The second-order valence-electron chi connectivity index (χ2n) is 5.69. The summed E-state index contributed by atoms with van der Waals surface area (Å²) in [6, 6.07) is 13.9. The van der Waals surface area contributed by atoms with Gasteiger partial charge in [-0.25, -0.2) is 0 Å². The smallest absolute Gasteiger partial charge is 0.429 e. The molecule has 2 aromatic rings. The molecule has 0 aliphatic heterocycles. The number of nitrogens with one attached hydrogen (secondary N) is 1. The molecule has 1 atom stereocenters. The van der Waals surface area contributed by atoms with Crippen LogP contribution in [0.5, 0.6) is 0 Å². The fourth-order valence-electron chi connectivity index (χ4n) is 2.23. The van der Waals surface area contributed by atoms with Crippen LogP contribution in [0.3, 0.4) is 0 Å². The Bertz CT molecular complexity index is 743. The molecule has 1 amide bonds. The van der Waals surface area contributed by atoms with Crippen molar-refractivity contribution in [2.24, 2.45) is 0 Å². The van der Waals surface area contributed by atoms with Crippen LogP contribution in [0.15, 0.2) is 54.6 Å². The molecule has 4 nitrogen and oxygen atoms in total. The number of amides is 1. The van der Waals surface area contributed by atoms with Gasteiger partial charge in [-0.1, -0.05) is 48.0 Å². The lowest BCUT2D eigenvalue weighted by atomic mass is 10.1. The topological polar surface area (TPSA) is 55.4 Å². The summed E-state index contributed by atoms with van der Waals surface area (Å²) < 4.78 is 44.2. The van der Waals surface area contributed by atoms with Crippen molar-refractivity contribution in [1.82, 2.24) is 5.32 Å². The number of carbonyl (C=O) groups excluding carboxylic acids is 2. The van der Waals surface area contributed by atoms with Gasteiger partial charge < -0.3 is 10.1 Å². The number of esters is 1. The maximum atomic E-state index is 13.2. The third-order valence-corrected chi connectivity index (χ3v) is 3.58. The minimum absolute atomic E-state index is 0.120. The normalized spacial score (nSPS) is 12.3. The molecular weight excluding hydrogens is 347 g/mol. The SMILES string of the molecule is Cc1ccc([C@@H](OC(=O)CCNC(=O)c2ccccc2)C(F)(F)F)cc1. The van der Waals surface area contributed by atoms with Gasteiger partial charge in [0.1, 0.15) is 0 Å². The first-order chi connectivity index (χ1) is 12.3. The van der Waals surface area contributed by atoms with Crippen molar-refractivity contribution in [3.05, 3.63) is 71.3 Å². The molecule has 138 valence electrons. The van der Waals surface area contributed by atoms with Gasteiger partial charge >= 0.3 is 12.1 Å². The number of alkyl halides is 3. The number of carbonyl (C=O) groups is 2. The number of aryl methyl sites for hydroxylation is 1. The molecule has 2 aromatic carbocycles. The number of rotatable bonds is 6. The number of halogens is 3. The van der Waals surface area contributed by atoms with E-state index in [2.05, 4.69) is 10.1 Å². The molecule has 0 saturated heterocycles. The van der Waals surface area contributed by atoms with Crippen LogP contribution in [0.2, 0.25) is 0 Å². The summed E-state index contributed by atoms with van der Waals surface area (Å²) in [5, 5.41) is 2.47. The van der Waals surface area contributed by atoms with Crippen molar-refractivity contribution < 1.29 is 27.5 Å². The lowest BCUT2D eigenvalue weighted by Gasteiger charge is -2.21. The summed E-state index contributed by atoms with van der Waals surface area (Å²) in [4.78, 5) is 23.6. The molecule has 0 bridgehead atoms. The molecule has 0 spiro atoms. The highest BCUT2D eigenvalue weighted by Gasteiger charge is 2.43. The highest BCUT2D eigenvalue weighted by atomic mass is 19.4. The predicted octanol–water partition coefficient (Wildman–Crippen LogP) is 3.96. The van der Waals surface area contributed by atoms with Crippen LogP contribution < -0.4 is 5.32 Å². The molecule has 0 saturated carbocycles. The van der Waals surface area contributed by atoms with Gasteiger partial charge in [0.2, 0.25) is 6.10 Å². The van der Waals surface area contributed by atoms with E-state index >= 15 is 0 Å². The molecule has 0 radical (unpaired) electrons. The number of benzene rings is 2. The van der Waals surface area contributed by atoms with E-state index in [1.165, 1.54) is 24.3 Å². The average molecular weight is 365 g/mol. The van der Waals surface area contributed by atoms with Crippen LogP contribution >= 0.6 is 0 Å². The second kappa shape index (κ2) is 8.51. The van der Waals surface area contributed by atoms with E-state index in [0.717, 1.165) is 5.56 Å². The van der Waals surface area contributed by atoms with Gasteiger partial charge in [0.05, 0.1) is 6.42 Å². The number of ether oxygens (including phenoxy) is 1. The van der Waals surface area contributed by atoms with Gasteiger partial charge in [0.25, 0.3) is 5.91 Å². The molecular formula is C19H18F3NO3.